The van der Waals surface area contributed by atoms with Crippen LogP contribution in [0.1, 0.15) is 59.3 Å². The second kappa shape index (κ2) is 12.6. The molecule has 3 amide bonds. The van der Waals surface area contributed by atoms with Crippen LogP contribution in [0.2, 0.25) is 0 Å². The van der Waals surface area contributed by atoms with Gasteiger partial charge in [-0.05, 0) is 87.5 Å². The molecule has 4 heterocycles. The van der Waals surface area contributed by atoms with E-state index in [4.69, 9.17) is 4.74 Å². The molecule has 0 radical (unpaired) electrons. The first kappa shape index (κ1) is 30.7. The molecule has 1 aliphatic carbocycles. The third-order valence-electron chi connectivity index (χ3n) is 11.0. The number of hydrogen-bond donors (Lipinski definition) is 2. The van der Waals surface area contributed by atoms with Gasteiger partial charge in [0.1, 0.15) is 11.6 Å². The average Bonchev–Trinajstić information content (AvgIpc) is 3.64. The number of amides is 3. The van der Waals surface area contributed by atoms with Crippen LogP contribution >= 0.6 is 11.8 Å². The van der Waals surface area contributed by atoms with Crippen LogP contribution in [-0.2, 0) is 19.1 Å². The molecule has 2 N–H and O–H groups in total. The fourth-order valence-electron chi connectivity index (χ4n) is 8.23. The molecule has 6 rings (SSSR count). The molecule has 0 aromatic heterocycles. The molecule has 1 aromatic rings. The summed E-state index contributed by atoms with van der Waals surface area (Å²) in [6.07, 6.45) is 11.7. The van der Waals surface area contributed by atoms with Gasteiger partial charge in [0.25, 0.3) is 0 Å². The smallest absolute Gasteiger partial charge is 0.246 e. The number of fused-ring (bicyclic) bond motifs is 1. The molecule has 4 aliphatic heterocycles. The predicted octanol–water partition coefficient (Wildman–Crippen LogP) is 4.56. The number of benzene rings is 1. The summed E-state index contributed by atoms with van der Waals surface area (Å²) in [5.41, 5.74) is -0.426. The van der Waals surface area contributed by atoms with E-state index in [9.17, 15) is 14.4 Å². The van der Waals surface area contributed by atoms with Gasteiger partial charge < -0.3 is 25.2 Å². The minimum atomic E-state index is -1.13. The summed E-state index contributed by atoms with van der Waals surface area (Å²) in [5.74, 6) is -0.257. The predicted molar refractivity (Wildman–Crippen MR) is 170 cm³/mol. The zero-order valence-corrected chi connectivity index (χ0v) is 26.9. The molecule has 0 unspecified atom stereocenters. The minimum Gasteiger partial charge on any atom is -0.359 e. The number of piperidine rings is 1. The summed E-state index contributed by atoms with van der Waals surface area (Å²) in [6, 6.07) is 7.01. The van der Waals surface area contributed by atoms with Gasteiger partial charge >= 0.3 is 0 Å². The SMILES string of the molecule is CSc1cccc(NC(=O)[C@H]2[C@H]3C=C[C@@]4(O3)[C@H]2C(=O)N(CCCN2CCC(C)CC2)[C@@H]4C(=O)N[C@@H]2CCC[C@H](C)[C@@H]2C)c1. The first-order valence-electron chi connectivity index (χ1n) is 16.4. The standard InChI is InChI=1S/C34H48N4O4S/c1-21-13-18-37(19-14-21)16-7-17-38-30(32(40)36-26-11-5-8-22(2)23(26)3)34-15-12-27(42-34)28(29(34)33(38)41)31(39)35-24-9-6-10-25(20-24)43-4/h6,9-10,12,15,20-23,26-30H,5,7-8,11,13-14,16-19H2,1-4H3,(H,35,39)(H,36,40)/t22-,23-,26+,27+,28-,29+,30+,34+/m0/s1. The van der Waals surface area contributed by atoms with Crippen LogP contribution in [0.3, 0.4) is 0 Å². The van der Waals surface area contributed by atoms with Crippen molar-refractivity contribution in [2.45, 2.75) is 88.0 Å². The minimum absolute atomic E-state index is 0.0735. The molecule has 9 heteroatoms. The van der Waals surface area contributed by atoms with Crippen LogP contribution in [0.5, 0.6) is 0 Å². The van der Waals surface area contributed by atoms with Crippen molar-refractivity contribution in [2.75, 3.05) is 37.8 Å². The highest BCUT2D eigenvalue weighted by Gasteiger charge is 2.72. The molecule has 3 saturated heterocycles. The molecular weight excluding hydrogens is 560 g/mol. The van der Waals surface area contributed by atoms with Crippen molar-refractivity contribution in [1.29, 1.82) is 0 Å². The van der Waals surface area contributed by atoms with Crippen molar-refractivity contribution >= 4 is 35.2 Å². The van der Waals surface area contributed by atoms with Gasteiger partial charge in [-0.25, -0.2) is 0 Å². The van der Waals surface area contributed by atoms with Crippen LogP contribution in [0.15, 0.2) is 41.3 Å². The number of anilines is 1. The molecule has 8 nitrogen and oxygen atoms in total. The first-order chi connectivity index (χ1) is 20.7. The first-order valence-corrected chi connectivity index (χ1v) is 17.6. The molecule has 1 aromatic carbocycles. The summed E-state index contributed by atoms with van der Waals surface area (Å²) in [4.78, 5) is 47.7. The summed E-state index contributed by atoms with van der Waals surface area (Å²) in [5, 5.41) is 6.42. The summed E-state index contributed by atoms with van der Waals surface area (Å²) in [6.45, 7) is 10.3. The normalized spacial score (nSPS) is 35.8. The number of likely N-dealkylation sites (tertiary alicyclic amines) is 2. The van der Waals surface area contributed by atoms with Gasteiger partial charge in [-0.1, -0.05) is 51.8 Å². The number of carbonyl (C=O) groups excluding carboxylic acids is 3. The lowest BCUT2D eigenvalue weighted by molar-refractivity contribution is -0.141. The van der Waals surface area contributed by atoms with Crippen molar-refractivity contribution in [3.05, 3.63) is 36.4 Å². The topological polar surface area (TPSA) is 91.0 Å². The molecule has 1 spiro atoms. The maximum atomic E-state index is 14.3. The quantitative estimate of drug-likeness (QED) is 0.316. The lowest BCUT2D eigenvalue weighted by atomic mass is 9.73. The fourth-order valence-corrected chi connectivity index (χ4v) is 8.69. The van der Waals surface area contributed by atoms with Crippen LogP contribution < -0.4 is 10.6 Å². The van der Waals surface area contributed by atoms with Gasteiger partial charge in [-0.3, -0.25) is 14.4 Å². The van der Waals surface area contributed by atoms with Crippen LogP contribution in [0, 0.1) is 29.6 Å². The van der Waals surface area contributed by atoms with Crippen molar-refractivity contribution in [1.82, 2.24) is 15.1 Å². The Morgan fingerprint density at radius 3 is 2.63 bits per heavy atom. The highest BCUT2D eigenvalue weighted by molar-refractivity contribution is 7.98. The Morgan fingerprint density at radius 1 is 1.07 bits per heavy atom. The van der Waals surface area contributed by atoms with E-state index < -0.39 is 29.6 Å². The number of rotatable bonds is 9. The summed E-state index contributed by atoms with van der Waals surface area (Å²) < 4.78 is 6.57. The zero-order valence-electron chi connectivity index (χ0n) is 26.1. The Kier molecular flexibility index (Phi) is 8.96. The van der Waals surface area contributed by atoms with Gasteiger partial charge in [0, 0.05) is 23.2 Å². The van der Waals surface area contributed by atoms with Crippen LogP contribution in [0.4, 0.5) is 5.69 Å². The van der Waals surface area contributed by atoms with Gasteiger partial charge in [-0.2, -0.15) is 0 Å². The average molecular weight is 609 g/mol. The summed E-state index contributed by atoms with van der Waals surface area (Å²) in [7, 11) is 0. The second-order valence-corrected chi connectivity index (χ2v) is 14.6. The Labute approximate surface area is 260 Å². The number of thioether (sulfide) groups is 1. The van der Waals surface area contributed by atoms with Gasteiger partial charge in [0.05, 0.1) is 17.9 Å². The van der Waals surface area contributed by atoms with Crippen molar-refractivity contribution in [2.24, 2.45) is 29.6 Å². The van der Waals surface area contributed by atoms with E-state index in [0.29, 0.717) is 24.1 Å². The number of hydrogen-bond acceptors (Lipinski definition) is 6. The third-order valence-corrected chi connectivity index (χ3v) is 11.8. The number of nitrogens with one attached hydrogen (secondary N) is 2. The summed E-state index contributed by atoms with van der Waals surface area (Å²) >= 11 is 1.61. The van der Waals surface area contributed by atoms with E-state index in [2.05, 4.69) is 36.3 Å². The van der Waals surface area contributed by atoms with Crippen molar-refractivity contribution in [3.8, 4) is 0 Å². The Bertz CT molecular complexity index is 1250. The Morgan fingerprint density at radius 2 is 1.86 bits per heavy atom. The Balaban J connectivity index is 1.24. The second-order valence-electron chi connectivity index (χ2n) is 13.7. The zero-order chi connectivity index (χ0) is 30.3. The van der Waals surface area contributed by atoms with Crippen LogP contribution in [-0.4, -0.2) is 83.7 Å². The lowest BCUT2D eigenvalue weighted by Crippen LogP contribution is -2.58. The van der Waals surface area contributed by atoms with E-state index in [1.165, 1.54) is 19.3 Å². The van der Waals surface area contributed by atoms with Crippen molar-refractivity contribution in [3.63, 3.8) is 0 Å². The van der Waals surface area contributed by atoms with Gasteiger partial charge in [-0.15, -0.1) is 11.8 Å². The largest absolute Gasteiger partial charge is 0.359 e. The van der Waals surface area contributed by atoms with E-state index in [-0.39, 0.29) is 23.8 Å². The Hall–Kier alpha value is -2.36. The molecule has 4 fully saturated rings. The van der Waals surface area contributed by atoms with Crippen LogP contribution in [0.25, 0.3) is 0 Å². The fraction of sp³-hybridized carbons (Fsp3) is 0.676. The molecular formula is C34H48N4O4S. The van der Waals surface area contributed by atoms with E-state index in [0.717, 1.165) is 49.7 Å². The monoisotopic (exact) mass is 608 g/mol. The van der Waals surface area contributed by atoms with Crippen molar-refractivity contribution < 1.29 is 19.1 Å². The molecule has 8 atom stereocenters. The molecule has 43 heavy (non-hydrogen) atoms. The maximum absolute atomic E-state index is 14.3. The lowest BCUT2D eigenvalue weighted by Gasteiger charge is -2.38. The van der Waals surface area contributed by atoms with Gasteiger partial charge in [0.15, 0.2) is 0 Å². The molecule has 234 valence electrons. The highest BCUT2D eigenvalue weighted by Crippen LogP contribution is 2.55. The molecule has 1 saturated carbocycles. The highest BCUT2D eigenvalue weighted by atomic mass is 32.2. The van der Waals surface area contributed by atoms with Gasteiger partial charge in [0.2, 0.25) is 17.7 Å². The number of ether oxygens (including phenoxy) is 1. The van der Waals surface area contributed by atoms with E-state index in [1.807, 2.05) is 42.7 Å². The maximum Gasteiger partial charge on any atom is 0.246 e. The third kappa shape index (κ3) is 5.77. The number of nitrogens with zero attached hydrogens (tertiary/aromatic N) is 2. The number of carbonyl (C=O) groups is 3. The molecule has 5 aliphatic rings. The molecule has 2 bridgehead atoms. The van der Waals surface area contributed by atoms with E-state index >= 15 is 0 Å². The van der Waals surface area contributed by atoms with E-state index in [1.54, 1.807) is 16.7 Å².